The molecule has 254 valence electrons. The van der Waals surface area contributed by atoms with Crippen LogP contribution in [0.25, 0.3) is 0 Å². The van der Waals surface area contributed by atoms with Crippen LogP contribution in [0.2, 0.25) is 0 Å². The zero-order valence-corrected chi connectivity index (χ0v) is 27.8. The van der Waals surface area contributed by atoms with Gasteiger partial charge in [-0.3, -0.25) is 9.59 Å². The lowest BCUT2D eigenvalue weighted by Gasteiger charge is -2.29. The summed E-state index contributed by atoms with van der Waals surface area (Å²) in [5.74, 6) is -1.61. The van der Waals surface area contributed by atoms with Crippen LogP contribution in [0.5, 0.6) is 0 Å². The summed E-state index contributed by atoms with van der Waals surface area (Å²) in [6.45, 7) is 0.0997. The molecule has 6 rings (SSSR count). The number of aliphatic hydroxyl groups excluding tert-OH is 2. The molecular weight excluding hydrogens is 616 g/mol. The van der Waals surface area contributed by atoms with E-state index in [9.17, 15) is 24.6 Å². The van der Waals surface area contributed by atoms with Gasteiger partial charge in [-0.2, -0.15) is 0 Å². The van der Waals surface area contributed by atoms with Crippen molar-refractivity contribution in [2.24, 2.45) is 11.8 Å². The monoisotopic (exact) mass is 660 g/mol. The number of fused-ring (bicyclic) bond motifs is 1. The van der Waals surface area contributed by atoms with Gasteiger partial charge in [0.15, 0.2) is 0 Å². The molecule has 2 unspecified atom stereocenters. The van der Waals surface area contributed by atoms with E-state index in [0.717, 1.165) is 27.8 Å². The summed E-state index contributed by atoms with van der Waals surface area (Å²) in [6.07, 6.45) is 1.07. The van der Waals surface area contributed by atoms with E-state index in [2.05, 4.69) is 5.32 Å². The molecule has 4 aromatic carbocycles. The molecule has 4 aromatic rings. The third-order valence-corrected chi connectivity index (χ3v) is 9.94. The molecule has 0 saturated carbocycles. The molecule has 0 spiro atoms. The van der Waals surface area contributed by atoms with Gasteiger partial charge in [0.1, 0.15) is 0 Å². The number of rotatable bonds is 13. The first-order valence-corrected chi connectivity index (χ1v) is 17.1. The van der Waals surface area contributed by atoms with Gasteiger partial charge in [-0.25, -0.2) is 4.79 Å². The average Bonchev–Trinajstić information content (AvgIpc) is 3.58. The first-order valence-electron chi connectivity index (χ1n) is 17.1. The number of hydrogen-bond donors (Lipinski definition) is 3. The van der Waals surface area contributed by atoms with Crippen LogP contribution in [0.15, 0.2) is 109 Å². The van der Waals surface area contributed by atoms with Gasteiger partial charge in [0.05, 0.1) is 30.9 Å². The maximum absolute atomic E-state index is 14.0. The first-order chi connectivity index (χ1) is 23.8. The molecule has 3 N–H and O–H groups in total. The fourth-order valence-corrected chi connectivity index (χ4v) is 7.52. The molecule has 1 fully saturated rings. The van der Waals surface area contributed by atoms with Crippen LogP contribution in [-0.4, -0.2) is 64.8 Å². The molecule has 0 radical (unpaired) electrons. The summed E-state index contributed by atoms with van der Waals surface area (Å²) < 4.78 is 4.89. The Labute approximate surface area is 287 Å². The fourth-order valence-electron chi connectivity index (χ4n) is 7.52. The fraction of sp³-hybridized carbons (Fsp3) is 0.341. The molecule has 2 aliphatic rings. The second kappa shape index (κ2) is 15.6. The Balaban J connectivity index is 1.19. The molecule has 8 heteroatoms. The van der Waals surface area contributed by atoms with E-state index >= 15 is 0 Å². The van der Waals surface area contributed by atoms with Gasteiger partial charge < -0.3 is 25.2 Å². The number of likely N-dealkylation sites (tertiary alicyclic amines) is 1. The Kier molecular flexibility index (Phi) is 10.9. The highest BCUT2D eigenvalue weighted by Crippen LogP contribution is 2.33. The Bertz CT molecular complexity index is 1750. The van der Waals surface area contributed by atoms with Gasteiger partial charge in [0.2, 0.25) is 11.8 Å². The van der Waals surface area contributed by atoms with E-state index in [1.807, 2.05) is 91.0 Å². The molecule has 1 aliphatic carbocycles. The number of nitrogens with one attached hydrogen (secondary N) is 1. The average molecular weight is 661 g/mol. The first kappa shape index (κ1) is 34.1. The Morgan fingerprint density at radius 2 is 1.55 bits per heavy atom. The summed E-state index contributed by atoms with van der Waals surface area (Å²) in [6, 6.07) is 34.0. The predicted octanol–water partition coefficient (Wildman–Crippen LogP) is 4.86. The number of methoxy groups -OCH3 is 1. The van der Waals surface area contributed by atoms with E-state index in [1.54, 1.807) is 23.1 Å². The summed E-state index contributed by atoms with van der Waals surface area (Å²) in [5, 5.41) is 25.5. The minimum Gasteiger partial charge on any atom is -0.465 e. The minimum absolute atomic E-state index is 0.0433. The van der Waals surface area contributed by atoms with Crippen molar-refractivity contribution in [1.82, 2.24) is 10.2 Å². The van der Waals surface area contributed by atoms with E-state index in [4.69, 9.17) is 4.74 Å². The quantitative estimate of drug-likeness (QED) is 0.177. The largest absolute Gasteiger partial charge is 0.465 e. The maximum Gasteiger partial charge on any atom is 0.337 e. The number of β-amino-alcohol motifs (C(OH)–C–C–N with tert-alkyl or cyclic N) is 1. The molecule has 0 aromatic heterocycles. The highest BCUT2D eigenvalue weighted by molar-refractivity contribution is 5.89. The number of amides is 2. The van der Waals surface area contributed by atoms with E-state index in [-0.39, 0.29) is 36.7 Å². The van der Waals surface area contributed by atoms with Gasteiger partial charge in [-0.05, 0) is 72.1 Å². The van der Waals surface area contributed by atoms with Gasteiger partial charge >= 0.3 is 5.97 Å². The van der Waals surface area contributed by atoms with Gasteiger partial charge in [-0.15, -0.1) is 0 Å². The zero-order chi connectivity index (χ0) is 34.3. The molecule has 49 heavy (non-hydrogen) atoms. The van der Waals surface area contributed by atoms with Gasteiger partial charge in [0.25, 0.3) is 0 Å². The number of carbonyl (C=O) groups is 3. The van der Waals surface area contributed by atoms with Crippen molar-refractivity contribution in [2.45, 2.75) is 62.8 Å². The Morgan fingerprint density at radius 1 is 0.878 bits per heavy atom. The van der Waals surface area contributed by atoms with E-state index < -0.39 is 30.1 Å². The Hall–Kier alpha value is -4.79. The van der Waals surface area contributed by atoms with Crippen LogP contribution in [0.3, 0.4) is 0 Å². The lowest BCUT2D eigenvalue weighted by atomic mass is 9.91. The van der Waals surface area contributed by atoms with Gasteiger partial charge in [-0.1, -0.05) is 97.1 Å². The normalized spacial score (nSPS) is 21.2. The predicted molar refractivity (Wildman–Crippen MR) is 187 cm³/mol. The molecule has 0 bridgehead atoms. The number of aliphatic hydroxyl groups is 2. The molecule has 2 amide bonds. The molecular formula is C41H44N2O6. The number of benzene rings is 4. The third-order valence-electron chi connectivity index (χ3n) is 9.94. The van der Waals surface area contributed by atoms with Crippen LogP contribution in [0.4, 0.5) is 0 Å². The lowest BCUT2D eigenvalue weighted by Crippen LogP contribution is -2.43. The zero-order valence-electron chi connectivity index (χ0n) is 27.8. The smallest absolute Gasteiger partial charge is 0.337 e. The number of carbonyl (C=O) groups excluding carboxylic acids is 3. The van der Waals surface area contributed by atoms with E-state index in [1.165, 1.54) is 7.11 Å². The SMILES string of the molecule is COC(=O)c1cccc(CC2C[C@H](Cc3ccccc3)N(C[C@@H](O)C[C@@H](Cc3ccccc3)C(=O)NC3c4ccccc4C[C@H]3O)C2=O)c1. The minimum atomic E-state index is -0.955. The van der Waals surface area contributed by atoms with Crippen molar-refractivity contribution in [3.05, 3.63) is 143 Å². The van der Waals surface area contributed by atoms with Crippen molar-refractivity contribution in [3.63, 3.8) is 0 Å². The molecule has 1 saturated heterocycles. The topological polar surface area (TPSA) is 116 Å². The lowest BCUT2D eigenvalue weighted by molar-refractivity contribution is -0.133. The molecule has 8 nitrogen and oxygen atoms in total. The number of hydrogen-bond acceptors (Lipinski definition) is 6. The van der Waals surface area contributed by atoms with Crippen molar-refractivity contribution in [2.75, 3.05) is 13.7 Å². The number of nitrogens with zero attached hydrogens (tertiary/aromatic N) is 1. The van der Waals surface area contributed by atoms with Crippen molar-refractivity contribution in [1.29, 1.82) is 0 Å². The second-order valence-corrected chi connectivity index (χ2v) is 13.4. The summed E-state index contributed by atoms with van der Waals surface area (Å²) in [5.41, 5.74) is 5.31. The summed E-state index contributed by atoms with van der Waals surface area (Å²) in [4.78, 5) is 41.9. The van der Waals surface area contributed by atoms with Crippen LogP contribution in [0, 0.1) is 11.8 Å². The summed E-state index contributed by atoms with van der Waals surface area (Å²) in [7, 11) is 1.35. The van der Waals surface area contributed by atoms with Crippen LogP contribution < -0.4 is 5.32 Å². The third kappa shape index (κ3) is 8.27. The van der Waals surface area contributed by atoms with E-state index in [0.29, 0.717) is 37.7 Å². The van der Waals surface area contributed by atoms with Crippen molar-refractivity contribution >= 4 is 17.8 Å². The molecule has 6 atom stereocenters. The van der Waals surface area contributed by atoms with Crippen molar-refractivity contribution in [3.8, 4) is 0 Å². The second-order valence-electron chi connectivity index (χ2n) is 13.4. The molecule has 1 heterocycles. The Morgan fingerprint density at radius 3 is 2.29 bits per heavy atom. The van der Waals surface area contributed by atoms with Crippen LogP contribution >= 0.6 is 0 Å². The highest BCUT2D eigenvalue weighted by atomic mass is 16.5. The number of esters is 1. The number of ether oxygens (including phenoxy) is 1. The standard InChI is InChI=1S/C41H44N2O6/c1-49-41(48)31-17-10-15-29(20-31)21-33-23-34(22-28-13-6-3-7-14-28)43(40(33)47)26-35(44)24-32(19-27-11-4-2-5-12-27)39(46)42-38-36-18-9-8-16-30(36)25-37(38)45/h2-18,20,32-35,37-38,44-45H,19,21-26H2,1H3,(H,42,46)/t32-,33?,34+,35+,37-,38?/m1/s1. The maximum atomic E-state index is 14.0. The van der Waals surface area contributed by atoms with Gasteiger partial charge in [0, 0.05) is 30.8 Å². The molecule has 1 aliphatic heterocycles. The highest BCUT2D eigenvalue weighted by Gasteiger charge is 2.41. The van der Waals surface area contributed by atoms with Crippen LogP contribution in [-0.2, 0) is 40.0 Å². The summed E-state index contributed by atoms with van der Waals surface area (Å²) >= 11 is 0. The van der Waals surface area contributed by atoms with Crippen LogP contribution in [0.1, 0.15) is 57.1 Å². The van der Waals surface area contributed by atoms with Crippen molar-refractivity contribution < 1.29 is 29.3 Å².